The molecule has 7 nitrogen and oxygen atoms in total. The first-order valence-electron chi connectivity index (χ1n) is 10.7. The summed E-state index contributed by atoms with van der Waals surface area (Å²) in [6.07, 6.45) is 3.24. The van der Waals surface area contributed by atoms with E-state index in [2.05, 4.69) is 29.4 Å². The van der Waals surface area contributed by atoms with Gasteiger partial charge in [0.15, 0.2) is 0 Å². The molecule has 30 heavy (non-hydrogen) atoms. The van der Waals surface area contributed by atoms with Crippen LogP contribution in [0.25, 0.3) is 11.3 Å². The van der Waals surface area contributed by atoms with Crippen molar-refractivity contribution < 1.29 is 13.8 Å². The van der Waals surface area contributed by atoms with Gasteiger partial charge in [-0.15, -0.1) is 0 Å². The van der Waals surface area contributed by atoms with E-state index in [1.807, 2.05) is 24.8 Å². The zero-order valence-corrected chi connectivity index (χ0v) is 18.1. The SMILES string of the molecule is CCc1noc(C)c1C(=O)N1CCC(c2cccc(-c3c(C)noc3CC)n2)CC1. The smallest absolute Gasteiger partial charge is 0.259 e. The number of amides is 1. The molecule has 0 aliphatic carbocycles. The Balaban J connectivity index is 1.49. The Hall–Kier alpha value is -2.96. The van der Waals surface area contributed by atoms with Crippen LogP contribution in [0.1, 0.15) is 71.6 Å². The van der Waals surface area contributed by atoms with Gasteiger partial charge in [-0.2, -0.15) is 0 Å². The average Bonchev–Trinajstić information content (AvgIpc) is 3.35. The second-order valence-electron chi connectivity index (χ2n) is 7.85. The highest BCUT2D eigenvalue weighted by atomic mass is 16.5. The molecule has 4 heterocycles. The quantitative estimate of drug-likeness (QED) is 0.618. The van der Waals surface area contributed by atoms with E-state index in [-0.39, 0.29) is 5.91 Å². The summed E-state index contributed by atoms with van der Waals surface area (Å²) >= 11 is 0. The van der Waals surface area contributed by atoms with Gasteiger partial charge in [0, 0.05) is 31.1 Å². The maximum atomic E-state index is 13.0. The third kappa shape index (κ3) is 3.64. The van der Waals surface area contributed by atoms with E-state index in [1.165, 1.54) is 0 Å². The van der Waals surface area contributed by atoms with Gasteiger partial charge in [0.2, 0.25) is 0 Å². The summed E-state index contributed by atoms with van der Waals surface area (Å²) in [7, 11) is 0. The number of hydrogen-bond donors (Lipinski definition) is 0. The average molecular weight is 409 g/mol. The van der Waals surface area contributed by atoms with E-state index in [9.17, 15) is 4.79 Å². The molecule has 0 atom stereocenters. The van der Waals surface area contributed by atoms with Crippen molar-refractivity contribution in [1.82, 2.24) is 20.2 Å². The minimum atomic E-state index is 0.0263. The number of pyridine rings is 1. The second kappa shape index (κ2) is 8.42. The number of rotatable bonds is 5. The standard InChI is InChI=1S/C23H28N4O3/c1-5-17-22(15(4)29-26-17)23(28)27-12-10-16(11-13-27)18-8-7-9-19(24-18)21-14(3)25-30-20(21)6-2/h7-9,16H,5-6,10-13H2,1-4H3. The number of aromatic nitrogens is 3. The van der Waals surface area contributed by atoms with Crippen molar-refractivity contribution in [2.24, 2.45) is 0 Å². The van der Waals surface area contributed by atoms with Crippen molar-refractivity contribution in [2.45, 2.75) is 59.3 Å². The Morgan fingerprint density at radius 1 is 1.10 bits per heavy atom. The van der Waals surface area contributed by atoms with Crippen molar-refractivity contribution >= 4 is 5.91 Å². The van der Waals surface area contributed by atoms with Gasteiger partial charge in [0.05, 0.1) is 22.6 Å². The fraction of sp³-hybridized carbons (Fsp3) is 0.478. The lowest BCUT2D eigenvalue weighted by atomic mass is 9.92. The number of hydrogen-bond acceptors (Lipinski definition) is 6. The summed E-state index contributed by atoms with van der Waals surface area (Å²) in [5, 5.41) is 8.13. The van der Waals surface area contributed by atoms with Crippen LogP contribution in [-0.2, 0) is 12.8 Å². The van der Waals surface area contributed by atoms with Gasteiger partial charge >= 0.3 is 0 Å². The largest absolute Gasteiger partial charge is 0.361 e. The molecule has 0 saturated carbocycles. The normalized spacial score (nSPS) is 15.0. The molecule has 0 N–H and O–H groups in total. The highest BCUT2D eigenvalue weighted by Gasteiger charge is 2.29. The lowest BCUT2D eigenvalue weighted by Crippen LogP contribution is -2.38. The van der Waals surface area contributed by atoms with Crippen molar-refractivity contribution in [3.8, 4) is 11.3 Å². The van der Waals surface area contributed by atoms with Crippen molar-refractivity contribution in [2.75, 3.05) is 13.1 Å². The first-order chi connectivity index (χ1) is 14.5. The molecule has 1 aliphatic rings. The van der Waals surface area contributed by atoms with E-state index in [1.54, 1.807) is 6.92 Å². The number of nitrogens with zero attached hydrogens (tertiary/aromatic N) is 4. The maximum absolute atomic E-state index is 13.0. The van der Waals surface area contributed by atoms with Crippen LogP contribution in [0.4, 0.5) is 0 Å². The number of likely N-dealkylation sites (tertiary alicyclic amines) is 1. The lowest BCUT2D eigenvalue weighted by Gasteiger charge is -2.32. The fourth-order valence-electron chi connectivity index (χ4n) is 4.27. The molecular formula is C23H28N4O3. The van der Waals surface area contributed by atoms with Crippen LogP contribution in [0.2, 0.25) is 0 Å². The molecule has 0 unspecified atom stereocenters. The number of carbonyl (C=O) groups is 1. The molecule has 0 bridgehead atoms. The van der Waals surface area contributed by atoms with Gasteiger partial charge < -0.3 is 13.9 Å². The highest BCUT2D eigenvalue weighted by molar-refractivity contribution is 5.96. The Morgan fingerprint density at radius 3 is 2.57 bits per heavy atom. The van der Waals surface area contributed by atoms with Crippen LogP contribution in [0, 0.1) is 13.8 Å². The van der Waals surface area contributed by atoms with E-state index in [0.717, 1.165) is 53.4 Å². The summed E-state index contributed by atoms with van der Waals surface area (Å²) in [5.41, 5.74) is 5.22. The zero-order chi connectivity index (χ0) is 21.3. The van der Waals surface area contributed by atoms with Gasteiger partial charge in [-0.3, -0.25) is 9.78 Å². The number of carbonyl (C=O) groups excluding carboxylic acids is 1. The monoisotopic (exact) mass is 408 g/mol. The number of piperidine rings is 1. The minimum Gasteiger partial charge on any atom is -0.361 e. The Morgan fingerprint density at radius 2 is 1.87 bits per heavy atom. The molecule has 1 fully saturated rings. The first kappa shape index (κ1) is 20.3. The lowest BCUT2D eigenvalue weighted by molar-refractivity contribution is 0.0709. The molecule has 0 aromatic carbocycles. The maximum Gasteiger partial charge on any atom is 0.259 e. The van der Waals surface area contributed by atoms with Crippen LogP contribution in [0.15, 0.2) is 27.2 Å². The van der Waals surface area contributed by atoms with E-state index in [4.69, 9.17) is 14.0 Å². The Kier molecular flexibility index (Phi) is 5.70. The van der Waals surface area contributed by atoms with Gasteiger partial charge in [0.25, 0.3) is 5.91 Å². The van der Waals surface area contributed by atoms with E-state index < -0.39 is 0 Å². The molecule has 158 valence electrons. The van der Waals surface area contributed by atoms with Crippen molar-refractivity contribution in [3.63, 3.8) is 0 Å². The van der Waals surface area contributed by atoms with Crippen LogP contribution < -0.4 is 0 Å². The van der Waals surface area contributed by atoms with E-state index in [0.29, 0.717) is 36.8 Å². The molecule has 1 saturated heterocycles. The van der Waals surface area contributed by atoms with Gasteiger partial charge in [0.1, 0.15) is 17.1 Å². The fourth-order valence-corrected chi connectivity index (χ4v) is 4.27. The second-order valence-corrected chi connectivity index (χ2v) is 7.85. The Labute approximate surface area is 176 Å². The predicted octanol–water partition coefficient (Wildman–Crippen LogP) is 4.49. The summed E-state index contributed by atoms with van der Waals surface area (Å²) in [5.74, 6) is 1.82. The molecule has 1 aliphatic heterocycles. The topological polar surface area (TPSA) is 85.3 Å². The summed E-state index contributed by atoms with van der Waals surface area (Å²) in [4.78, 5) is 19.9. The van der Waals surface area contributed by atoms with Crippen LogP contribution in [0.5, 0.6) is 0 Å². The molecule has 0 spiro atoms. The van der Waals surface area contributed by atoms with E-state index >= 15 is 0 Å². The van der Waals surface area contributed by atoms with Gasteiger partial charge in [-0.05, 0) is 45.2 Å². The highest BCUT2D eigenvalue weighted by Crippen LogP contribution is 2.32. The predicted molar refractivity (Wildman–Crippen MR) is 112 cm³/mol. The third-order valence-corrected chi connectivity index (χ3v) is 5.96. The molecule has 3 aromatic heterocycles. The molecule has 0 radical (unpaired) electrons. The molecule has 3 aromatic rings. The van der Waals surface area contributed by atoms with Crippen molar-refractivity contribution in [1.29, 1.82) is 0 Å². The Bertz CT molecular complexity index is 1040. The molecule has 4 rings (SSSR count). The van der Waals surface area contributed by atoms with Gasteiger partial charge in [-0.25, -0.2) is 0 Å². The molecule has 1 amide bonds. The first-order valence-corrected chi connectivity index (χ1v) is 10.7. The molecular weight excluding hydrogens is 380 g/mol. The minimum absolute atomic E-state index is 0.0263. The summed E-state index contributed by atoms with van der Waals surface area (Å²) < 4.78 is 10.7. The summed E-state index contributed by atoms with van der Waals surface area (Å²) in [6.45, 7) is 9.21. The van der Waals surface area contributed by atoms with Gasteiger partial charge in [-0.1, -0.05) is 30.2 Å². The van der Waals surface area contributed by atoms with Crippen LogP contribution in [0.3, 0.4) is 0 Å². The zero-order valence-electron chi connectivity index (χ0n) is 18.1. The van der Waals surface area contributed by atoms with Crippen molar-refractivity contribution in [3.05, 3.63) is 52.4 Å². The molecule has 7 heteroatoms. The number of aryl methyl sites for hydroxylation is 4. The van der Waals surface area contributed by atoms with Crippen LogP contribution in [-0.4, -0.2) is 39.2 Å². The summed E-state index contributed by atoms with van der Waals surface area (Å²) in [6, 6.07) is 6.15. The van der Waals surface area contributed by atoms with Crippen LogP contribution >= 0.6 is 0 Å². The third-order valence-electron chi connectivity index (χ3n) is 5.96.